The zero-order valence-corrected chi connectivity index (χ0v) is 11.5. The highest BCUT2D eigenvalue weighted by atomic mass is 32.2. The van der Waals surface area contributed by atoms with Crippen LogP contribution in [-0.2, 0) is 11.3 Å². The Balaban J connectivity index is 2.77. The third kappa shape index (κ3) is 3.44. The Morgan fingerprint density at radius 2 is 2.18 bits per heavy atom. The van der Waals surface area contributed by atoms with Gasteiger partial charge in [0.05, 0.1) is 5.25 Å². The lowest BCUT2D eigenvalue weighted by molar-refractivity contribution is -0.127. The summed E-state index contributed by atoms with van der Waals surface area (Å²) < 4.78 is 1.93. The Labute approximate surface area is 106 Å². The number of nitrogens with two attached hydrogens (primary N) is 1. The summed E-state index contributed by atoms with van der Waals surface area (Å²) in [5, 5.41) is 8.64. The van der Waals surface area contributed by atoms with Crippen LogP contribution in [0.4, 0.5) is 0 Å². The van der Waals surface area contributed by atoms with Crippen molar-refractivity contribution in [3.63, 3.8) is 0 Å². The fourth-order valence-electron chi connectivity index (χ4n) is 1.41. The maximum atomic E-state index is 11.7. The lowest BCUT2D eigenvalue weighted by Crippen LogP contribution is -2.30. The van der Waals surface area contributed by atoms with Crippen LogP contribution in [0.2, 0.25) is 0 Å². The Bertz CT molecular complexity index is 390. The Morgan fingerprint density at radius 3 is 2.71 bits per heavy atom. The molecule has 1 aromatic heterocycles. The van der Waals surface area contributed by atoms with Crippen molar-refractivity contribution in [3.8, 4) is 0 Å². The molecular formula is C10H19N5OS. The first kappa shape index (κ1) is 14.0. The number of hydrogen-bond acceptors (Lipinski definition) is 5. The van der Waals surface area contributed by atoms with E-state index in [0.29, 0.717) is 13.1 Å². The molecule has 0 aliphatic heterocycles. The van der Waals surface area contributed by atoms with Gasteiger partial charge in [-0.25, -0.2) is 0 Å². The van der Waals surface area contributed by atoms with E-state index in [1.54, 1.807) is 19.0 Å². The zero-order chi connectivity index (χ0) is 13.0. The second-order valence-corrected chi connectivity index (χ2v) is 5.27. The Morgan fingerprint density at radius 1 is 1.53 bits per heavy atom. The van der Waals surface area contributed by atoms with Gasteiger partial charge in [-0.05, 0) is 13.8 Å². The van der Waals surface area contributed by atoms with Gasteiger partial charge in [0.1, 0.15) is 5.82 Å². The van der Waals surface area contributed by atoms with Gasteiger partial charge in [-0.15, -0.1) is 10.2 Å². The smallest absolute Gasteiger partial charge is 0.235 e. The molecular weight excluding hydrogens is 238 g/mol. The average Bonchev–Trinajstić information content (AvgIpc) is 2.60. The third-order valence-corrected chi connectivity index (χ3v) is 3.39. The number of aryl methyl sites for hydroxylation is 1. The zero-order valence-electron chi connectivity index (χ0n) is 10.7. The van der Waals surface area contributed by atoms with Crippen molar-refractivity contribution in [1.29, 1.82) is 0 Å². The van der Waals surface area contributed by atoms with E-state index in [2.05, 4.69) is 10.2 Å². The van der Waals surface area contributed by atoms with Crippen molar-refractivity contribution in [1.82, 2.24) is 19.7 Å². The molecule has 0 saturated heterocycles. The van der Waals surface area contributed by atoms with Crippen LogP contribution in [-0.4, -0.2) is 51.5 Å². The van der Waals surface area contributed by atoms with Gasteiger partial charge >= 0.3 is 0 Å². The fraction of sp³-hybridized carbons (Fsp3) is 0.700. The Kier molecular flexibility index (Phi) is 4.95. The highest BCUT2D eigenvalue weighted by molar-refractivity contribution is 8.00. The van der Waals surface area contributed by atoms with Gasteiger partial charge in [-0.3, -0.25) is 4.79 Å². The highest BCUT2D eigenvalue weighted by Crippen LogP contribution is 2.22. The van der Waals surface area contributed by atoms with Crippen molar-refractivity contribution in [2.45, 2.75) is 30.8 Å². The monoisotopic (exact) mass is 257 g/mol. The van der Waals surface area contributed by atoms with Gasteiger partial charge in [0.25, 0.3) is 0 Å². The van der Waals surface area contributed by atoms with Gasteiger partial charge in [0, 0.05) is 27.2 Å². The summed E-state index contributed by atoms with van der Waals surface area (Å²) in [7, 11) is 3.49. The van der Waals surface area contributed by atoms with E-state index in [4.69, 9.17) is 5.73 Å². The number of carbonyl (C=O) groups excluding carboxylic acids is 1. The van der Waals surface area contributed by atoms with Crippen LogP contribution < -0.4 is 5.73 Å². The lowest BCUT2D eigenvalue weighted by Gasteiger charge is -2.16. The van der Waals surface area contributed by atoms with Crippen LogP contribution in [0.1, 0.15) is 12.7 Å². The molecule has 1 heterocycles. The number of thioether (sulfide) groups is 1. The summed E-state index contributed by atoms with van der Waals surface area (Å²) in [4.78, 5) is 13.3. The van der Waals surface area contributed by atoms with Crippen LogP contribution in [0.3, 0.4) is 0 Å². The average molecular weight is 257 g/mol. The molecule has 0 aliphatic carbocycles. The minimum absolute atomic E-state index is 0.0648. The number of hydrogen-bond donors (Lipinski definition) is 1. The third-order valence-electron chi connectivity index (χ3n) is 2.33. The molecule has 1 aromatic rings. The van der Waals surface area contributed by atoms with E-state index >= 15 is 0 Å². The Hall–Kier alpha value is -1.08. The van der Waals surface area contributed by atoms with Crippen LogP contribution in [0.25, 0.3) is 0 Å². The van der Waals surface area contributed by atoms with Gasteiger partial charge in [-0.1, -0.05) is 11.8 Å². The molecule has 0 aromatic carbocycles. The van der Waals surface area contributed by atoms with E-state index in [1.165, 1.54) is 11.8 Å². The number of amides is 1. The summed E-state index contributed by atoms with van der Waals surface area (Å²) in [5.41, 5.74) is 5.54. The molecule has 1 rings (SSSR count). The summed E-state index contributed by atoms with van der Waals surface area (Å²) in [6.07, 6.45) is 0. The van der Waals surface area contributed by atoms with E-state index in [9.17, 15) is 4.79 Å². The maximum absolute atomic E-state index is 11.7. The molecule has 96 valence electrons. The largest absolute Gasteiger partial charge is 0.348 e. The van der Waals surface area contributed by atoms with E-state index in [1.807, 2.05) is 18.4 Å². The second-order valence-electron chi connectivity index (χ2n) is 3.96. The van der Waals surface area contributed by atoms with Crippen molar-refractivity contribution in [2.24, 2.45) is 5.73 Å². The van der Waals surface area contributed by atoms with E-state index < -0.39 is 0 Å². The first-order chi connectivity index (χ1) is 7.97. The first-order valence-corrected chi connectivity index (χ1v) is 6.33. The number of carbonyl (C=O) groups is 1. The fourth-order valence-corrected chi connectivity index (χ4v) is 2.47. The summed E-state index contributed by atoms with van der Waals surface area (Å²) in [5.74, 6) is 0.886. The number of nitrogens with zero attached hydrogens (tertiary/aromatic N) is 4. The molecule has 2 N–H and O–H groups in total. The van der Waals surface area contributed by atoms with Crippen molar-refractivity contribution in [3.05, 3.63) is 5.82 Å². The summed E-state index contributed by atoms with van der Waals surface area (Å²) >= 11 is 1.41. The molecule has 1 amide bonds. The highest BCUT2D eigenvalue weighted by Gasteiger charge is 2.19. The lowest BCUT2D eigenvalue weighted by atomic mass is 10.4. The summed E-state index contributed by atoms with van der Waals surface area (Å²) in [6, 6.07) is 0. The van der Waals surface area contributed by atoms with Crippen molar-refractivity contribution in [2.75, 3.05) is 20.6 Å². The molecule has 1 atom stereocenters. The predicted molar refractivity (Wildman–Crippen MR) is 67.8 cm³/mol. The van der Waals surface area contributed by atoms with Gasteiger partial charge in [0.2, 0.25) is 5.91 Å². The topological polar surface area (TPSA) is 77.0 Å². The van der Waals surface area contributed by atoms with Gasteiger partial charge in [-0.2, -0.15) is 0 Å². The molecule has 6 nitrogen and oxygen atoms in total. The minimum Gasteiger partial charge on any atom is -0.348 e. The quantitative estimate of drug-likeness (QED) is 0.758. The predicted octanol–water partition coefficient (Wildman–Crippen LogP) is 0.114. The second kappa shape index (κ2) is 6.02. The minimum atomic E-state index is -0.176. The van der Waals surface area contributed by atoms with Gasteiger partial charge < -0.3 is 15.2 Å². The van der Waals surface area contributed by atoms with Crippen molar-refractivity contribution >= 4 is 17.7 Å². The van der Waals surface area contributed by atoms with Crippen molar-refractivity contribution < 1.29 is 4.79 Å². The van der Waals surface area contributed by atoms with Crippen LogP contribution in [0.5, 0.6) is 0 Å². The molecule has 1 unspecified atom stereocenters. The molecule has 0 spiro atoms. The SMILES string of the molecule is Cc1nnc(SC(C)C(=O)N(C)C)n1CCN. The maximum Gasteiger partial charge on any atom is 0.235 e. The molecule has 0 saturated carbocycles. The number of aromatic nitrogens is 3. The van der Waals surface area contributed by atoms with E-state index in [-0.39, 0.29) is 11.2 Å². The normalized spacial score (nSPS) is 12.5. The van der Waals surface area contributed by atoms with Crippen LogP contribution in [0.15, 0.2) is 5.16 Å². The molecule has 0 bridgehead atoms. The molecule has 0 aliphatic rings. The summed E-state index contributed by atoms with van der Waals surface area (Å²) in [6.45, 7) is 4.95. The van der Waals surface area contributed by atoms with Crippen LogP contribution in [0, 0.1) is 6.92 Å². The number of rotatable bonds is 5. The van der Waals surface area contributed by atoms with Gasteiger partial charge in [0.15, 0.2) is 5.16 Å². The first-order valence-electron chi connectivity index (χ1n) is 5.45. The molecule has 7 heteroatoms. The molecule has 0 radical (unpaired) electrons. The molecule has 0 fully saturated rings. The standard InChI is InChI=1S/C10H19N5OS/c1-7(9(16)14(3)4)17-10-13-12-8(2)15(10)6-5-11/h7H,5-6,11H2,1-4H3. The van der Waals surface area contributed by atoms with Crippen LogP contribution >= 0.6 is 11.8 Å². The van der Waals surface area contributed by atoms with E-state index in [0.717, 1.165) is 11.0 Å². The molecule has 17 heavy (non-hydrogen) atoms.